The first-order valence-electron chi connectivity index (χ1n) is 7.53. The van der Waals surface area contributed by atoms with Crippen LogP contribution >= 0.6 is 0 Å². The Labute approximate surface area is 128 Å². The second kappa shape index (κ2) is 7.80. The van der Waals surface area contributed by atoms with Gasteiger partial charge in [-0.2, -0.15) is 8.42 Å². The Morgan fingerprint density at radius 1 is 1.05 bits per heavy atom. The van der Waals surface area contributed by atoms with Gasteiger partial charge < -0.3 is 5.11 Å². The molecule has 0 aliphatic rings. The maximum atomic E-state index is 11.7. The van der Waals surface area contributed by atoms with Crippen LogP contribution in [0.4, 0.5) is 0 Å². The summed E-state index contributed by atoms with van der Waals surface area (Å²) < 4.78 is 32.8. The number of phenolic OH excluding ortho intramolecular Hbond substituents is 1. The van der Waals surface area contributed by atoms with Gasteiger partial charge in [-0.3, -0.25) is 4.55 Å². The van der Waals surface area contributed by atoms with E-state index in [1.807, 2.05) is 0 Å². The number of aromatic hydroxyl groups is 1. The van der Waals surface area contributed by atoms with Gasteiger partial charge in [-0.05, 0) is 37.0 Å². The molecule has 0 bridgehead atoms. The van der Waals surface area contributed by atoms with Gasteiger partial charge >= 0.3 is 0 Å². The van der Waals surface area contributed by atoms with Crippen LogP contribution < -0.4 is 0 Å². The normalized spacial score (nSPS) is 13.3. The minimum Gasteiger partial charge on any atom is -0.507 e. The van der Waals surface area contributed by atoms with Crippen molar-refractivity contribution in [3.05, 3.63) is 28.8 Å². The van der Waals surface area contributed by atoms with Crippen LogP contribution in [0.5, 0.6) is 5.75 Å². The van der Waals surface area contributed by atoms with Gasteiger partial charge in [-0.15, -0.1) is 0 Å². The molecule has 0 saturated heterocycles. The Kier molecular flexibility index (Phi) is 6.68. The first kappa shape index (κ1) is 18.0. The smallest absolute Gasteiger partial charge is 0.271 e. The summed E-state index contributed by atoms with van der Waals surface area (Å²) >= 11 is 0. The molecule has 0 radical (unpaired) electrons. The molecule has 0 aliphatic heterocycles. The number of aryl methyl sites for hydroxylation is 2. The van der Waals surface area contributed by atoms with Gasteiger partial charge in [0.1, 0.15) is 11.0 Å². The molecule has 5 heteroatoms. The zero-order valence-corrected chi connectivity index (χ0v) is 13.9. The predicted molar refractivity (Wildman–Crippen MR) is 85.2 cm³/mol. The average Bonchev–Trinajstić information content (AvgIpc) is 2.38. The van der Waals surface area contributed by atoms with E-state index in [4.69, 9.17) is 0 Å². The molecule has 0 aromatic heterocycles. The van der Waals surface area contributed by atoms with Gasteiger partial charge in [0, 0.05) is 0 Å². The summed E-state index contributed by atoms with van der Waals surface area (Å²) in [5, 5.41) is 8.87. The molecule has 0 heterocycles. The van der Waals surface area contributed by atoms with Gasteiger partial charge in [0.15, 0.2) is 0 Å². The Hall–Kier alpha value is -1.07. The molecule has 1 aromatic carbocycles. The zero-order chi connectivity index (χ0) is 16.0. The largest absolute Gasteiger partial charge is 0.507 e. The standard InChI is InChI=1S/C16H26O4S/c1-4-5-6-7-8-9-15(21(18,19)20)14-10-12(2)16(17)13(3)11-14/h10-11,15,17H,4-9H2,1-3H3,(H,18,19,20). The molecule has 0 saturated carbocycles. The SMILES string of the molecule is CCCCCCCC(c1cc(C)c(O)c(C)c1)S(=O)(=O)O. The highest BCUT2D eigenvalue weighted by atomic mass is 32.2. The molecule has 0 aliphatic carbocycles. The maximum Gasteiger partial charge on any atom is 0.271 e. The maximum absolute atomic E-state index is 11.7. The average molecular weight is 314 g/mol. The van der Waals surface area contributed by atoms with Crippen molar-refractivity contribution in [2.45, 2.75) is 64.5 Å². The first-order chi connectivity index (χ1) is 9.77. The van der Waals surface area contributed by atoms with Crippen LogP contribution in [-0.2, 0) is 10.1 Å². The van der Waals surface area contributed by atoms with E-state index in [0.717, 1.165) is 32.1 Å². The third-order valence-corrected chi connectivity index (χ3v) is 5.04. The third-order valence-electron chi connectivity index (χ3n) is 3.81. The highest BCUT2D eigenvalue weighted by molar-refractivity contribution is 7.86. The molecule has 2 N–H and O–H groups in total. The lowest BCUT2D eigenvalue weighted by molar-refractivity contribution is 0.456. The van der Waals surface area contributed by atoms with E-state index in [9.17, 15) is 18.1 Å². The van der Waals surface area contributed by atoms with E-state index in [-0.39, 0.29) is 5.75 Å². The van der Waals surface area contributed by atoms with Crippen LogP contribution in [0.3, 0.4) is 0 Å². The summed E-state index contributed by atoms with van der Waals surface area (Å²) in [6.45, 7) is 5.59. The Morgan fingerprint density at radius 3 is 2.05 bits per heavy atom. The molecule has 120 valence electrons. The molecule has 1 rings (SSSR count). The molecule has 1 atom stereocenters. The fraction of sp³-hybridized carbons (Fsp3) is 0.625. The molecule has 1 unspecified atom stereocenters. The number of hydrogen-bond acceptors (Lipinski definition) is 3. The molecular weight excluding hydrogens is 288 g/mol. The van der Waals surface area contributed by atoms with E-state index in [1.54, 1.807) is 26.0 Å². The number of rotatable bonds is 8. The molecule has 4 nitrogen and oxygen atoms in total. The van der Waals surface area contributed by atoms with Crippen molar-refractivity contribution >= 4 is 10.1 Å². The van der Waals surface area contributed by atoms with Crippen molar-refractivity contribution in [3.63, 3.8) is 0 Å². The van der Waals surface area contributed by atoms with Gasteiger partial charge in [0.05, 0.1) is 0 Å². The molecule has 21 heavy (non-hydrogen) atoms. The quantitative estimate of drug-likeness (QED) is 0.554. The molecule has 0 fully saturated rings. The van der Waals surface area contributed by atoms with Crippen molar-refractivity contribution in [1.29, 1.82) is 0 Å². The van der Waals surface area contributed by atoms with Crippen LogP contribution in [0.15, 0.2) is 12.1 Å². The fourth-order valence-electron chi connectivity index (χ4n) is 2.60. The third kappa shape index (κ3) is 5.32. The van der Waals surface area contributed by atoms with E-state index >= 15 is 0 Å². The fourth-order valence-corrected chi connectivity index (χ4v) is 3.54. The first-order valence-corrected chi connectivity index (χ1v) is 9.04. The minimum atomic E-state index is -4.14. The lowest BCUT2D eigenvalue weighted by Crippen LogP contribution is -2.13. The summed E-state index contributed by atoms with van der Waals surface area (Å²) in [4.78, 5) is 0. The lowest BCUT2D eigenvalue weighted by Gasteiger charge is -2.16. The molecule has 0 amide bonds. The number of hydrogen-bond donors (Lipinski definition) is 2. The van der Waals surface area contributed by atoms with Gasteiger partial charge in [-0.25, -0.2) is 0 Å². The molecule has 0 spiro atoms. The van der Waals surface area contributed by atoms with Crippen LogP contribution in [0, 0.1) is 13.8 Å². The second-order valence-corrected chi connectivity index (χ2v) is 7.31. The van der Waals surface area contributed by atoms with Crippen molar-refractivity contribution in [2.75, 3.05) is 0 Å². The van der Waals surface area contributed by atoms with E-state index in [0.29, 0.717) is 23.1 Å². The summed E-state index contributed by atoms with van der Waals surface area (Å²) in [6.07, 6.45) is 5.51. The summed E-state index contributed by atoms with van der Waals surface area (Å²) in [7, 11) is -4.14. The molecular formula is C16H26O4S. The highest BCUT2D eigenvalue weighted by Crippen LogP contribution is 2.32. The van der Waals surface area contributed by atoms with Gasteiger partial charge in [-0.1, -0.05) is 51.2 Å². The van der Waals surface area contributed by atoms with Crippen LogP contribution in [-0.4, -0.2) is 18.1 Å². The minimum absolute atomic E-state index is 0.177. The zero-order valence-electron chi connectivity index (χ0n) is 13.1. The van der Waals surface area contributed by atoms with E-state index in [2.05, 4.69) is 6.92 Å². The van der Waals surface area contributed by atoms with Crippen LogP contribution in [0.1, 0.15) is 67.4 Å². The Morgan fingerprint density at radius 2 is 1.57 bits per heavy atom. The van der Waals surface area contributed by atoms with Gasteiger partial charge in [0.25, 0.3) is 10.1 Å². The summed E-state index contributed by atoms with van der Waals surface area (Å²) in [6, 6.07) is 3.29. The summed E-state index contributed by atoms with van der Waals surface area (Å²) in [5.41, 5.74) is 1.81. The Balaban J connectivity index is 2.89. The van der Waals surface area contributed by atoms with Gasteiger partial charge in [0.2, 0.25) is 0 Å². The summed E-state index contributed by atoms with van der Waals surface area (Å²) in [5.74, 6) is 0.177. The van der Waals surface area contributed by atoms with Crippen molar-refractivity contribution in [3.8, 4) is 5.75 Å². The van der Waals surface area contributed by atoms with Crippen LogP contribution in [0.25, 0.3) is 0 Å². The second-order valence-electron chi connectivity index (χ2n) is 5.71. The number of benzene rings is 1. The molecule has 1 aromatic rings. The number of unbranched alkanes of at least 4 members (excludes halogenated alkanes) is 4. The van der Waals surface area contributed by atoms with Crippen molar-refractivity contribution < 1.29 is 18.1 Å². The lowest BCUT2D eigenvalue weighted by atomic mass is 10.00. The topological polar surface area (TPSA) is 74.6 Å². The highest BCUT2D eigenvalue weighted by Gasteiger charge is 2.25. The van der Waals surface area contributed by atoms with Crippen LogP contribution in [0.2, 0.25) is 0 Å². The number of phenols is 1. The van der Waals surface area contributed by atoms with Crippen molar-refractivity contribution in [1.82, 2.24) is 0 Å². The predicted octanol–water partition coefficient (Wildman–Crippen LogP) is 4.30. The van der Waals surface area contributed by atoms with E-state index in [1.165, 1.54) is 0 Å². The van der Waals surface area contributed by atoms with Crippen molar-refractivity contribution in [2.24, 2.45) is 0 Å². The van der Waals surface area contributed by atoms with E-state index < -0.39 is 15.4 Å². The monoisotopic (exact) mass is 314 g/mol. The Bertz CT molecular complexity index is 541.